The molecule has 2 fully saturated rings. The number of nitrogens with zero attached hydrogens (tertiary/aromatic N) is 4. The minimum Gasteiger partial charge on any atom is -0.304 e. The Labute approximate surface area is 154 Å². The SMILES string of the molecule is Cn1ncc(NC(=O)c2ccc(CN3CC[C@@H]4CCCC[C@H]4C3)cc2)n1. The molecule has 0 spiro atoms. The lowest BCUT2D eigenvalue weighted by atomic mass is 9.75. The molecule has 1 N–H and O–H groups in total. The number of likely N-dealkylation sites (tertiary alicyclic amines) is 1. The fourth-order valence-corrected chi connectivity index (χ4v) is 4.43. The minimum absolute atomic E-state index is 0.153. The van der Waals surface area contributed by atoms with Crippen molar-refractivity contribution in [3.05, 3.63) is 41.6 Å². The number of aryl methyl sites for hydroxylation is 1. The summed E-state index contributed by atoms with van der Waals surface area (Å²) in [5, 5.41) is 10.8. The monoisotopic (exact) mass is 353 g/mol. The predicted octanol–water partition coefficient (Wildman–Crippen LogP) is 3.08. The second kappa shape index (κ2) is 7.58. The maximum Gasteiger partial charge on any atom is 0.256 e. The van der Waals surface area contributed by atoms with E-state index in [9.17, 15) is 4.79 Å². The summed E-state index contributed by atoms with van der Waals surface area (Å²) in [4.78, 5) is 16.3. The number of amides is 1. The van der Waals surface area contributed by atoms with Gasteiger partial charge in [0.05, 0.1) is 6.20 Å². The van der Waals surface area contributed by atoms with Crippen LogP contribution in [0.15, 0.2) is 30.5 Å². The quantitative estimate of drug-likeness (QED) is 0.917. The van der Waals surface area contributed by atoms with Crippen LogP contribution in [0, 0.1) is 11.8 Å². The van der Waals surface area contributed by atoms with Crippen molar-refractivity contribution in [3.63, 3.8) is 0 Å². The van der Waals surface area contributed by atoms with Crippen LogP contribution in [0.25, 0.3) is 0 Å². The zero-order valence-electron chi connectivity index (χ0n) is 15.4. The second-order valence-electron chi connectivity index (χ2n) is 7.70. The molecule has 4 rings (SSSR count). The van der Waals surface area contributed by atoms with Crippen molar-refractivity contribution in [1.82, 2.24) is 19.9 Å². The molecule has 2 aromatic rings. The number of benzene rings is 1. The summed E-state index contributed by atoms with van der Waals surface area (Å²) < 4.78 is 0. The van der Waals surface area contributed by atoms with E-state index in [-0.39, 0.29) is 5.91 Å². The largest absolute Gasteiger partial charge is 0.304 e. The van der Waals surface area contributed by atoms with Gasteiger partial charge in [0.25, 0.3) is 5.91 Å². The van der Waals surface area contributed by atoms with E-state index in [1.54, 1.807) is 13.2 Å². The van der Waals surface area contributed by atoms with E-state index < -0.39 is 0 Å². The van der Waals surface area contributed by atoms with Crippen LogP contribution in [-0.2, 0) is 13.6 Å². The summed E-state index contributed by atoms with van der Waals surface area (Å²) in [7, 11) is 1.72. The second-order valence-corrected chi connectivity index (χ2v) is 7.70. The fourth-order valence-electron chi connectivity index (χ4n) is 4.43. The van der Waals surface area contributed by atoms with Crippen LogP contribution in [0.3, 0.4) is 0 Å². The van der Waals surface area contributed by atoms with Crippen molar-refractivity contribution >= 4 is 11.7 Å². The number of hydrogen-bond donors (Lipinski definition) is 1. The van der Waals surface area contributed by atoms with E-state index in [1.807, 2.05) is 12.1 Å². The van der Waals surface area contributed by atoms with E-state index >= 15 is 0 Å². The first kappa shape index (κ1) is 17.2. The zero-order chi connectivity index (χ0) is 17.9. The molecule has 6 nitrogen and oxygen atoms in total. The minimum atomic E-state index is -0.153. The normalized spacial score (nSPS) is 23.4. The maximum absolute atomic E-state index is 12.3. The van der Waals surface area contributed by atoms with Gasteiger partial charge in [0, 0.05) is 25.7 Å². The average molecular weight is 353 g/mol. The Morgan fingerprint density at radius 3 is 2.65 bits per heavy atom. The third kappa shape index (κ3) is 3.96. The Bertz CT molecular complexity index is 754. The number of aromatic nitrogens is 3. The summed E-state index contributed by atoms with van der Waals surface area (Å²) in [6, 6.07) is 7.93. The number of rotatable bonds is 4. The highest BCUT2D eigenvalue weighted by atomic mass is 16.1. The third-order valence-corrected chi connectivity index (χ3v) is 5.84. The first-order valence-corrected chi connectivity index (χ1v) is 9.66. The molecule has 138 valence electrons. The molecule has 1 aliphatic heterocycles. The Morgan fingerprint density at radius 1 is 1.15 bits per heavy atom. The van der Waals surface area contributed by atoms with Crippen LogP contribution < -0.4 is 5.32 Å². The molecule has 1 amide bonds. The summed E-state index contributed by atoms with van der Waals surface area (Å²) in [5.41, 5.74) is 1.92. The number of carbonyl (C=O) groups is 1. The Morgan fingerprint density at radius 2 is 1.92 bits per heavy atom. The molecule has 2 aliphatic rings. The van der Waals surface area contributed by atoms with Gasteiger partial charge in [-0.1, -0.05) is 31.4 Å². The molecule has 6 heteroatoms. The average Bonchev–Trinajstić information content (AvgIpc) is 3.07. The van der Waals surface area contributed by atoms with E-state index in [0.717, 1.165) is 18.4 Å². The number of carbonyl (C=O) groups excluding carboxylic acids is 1. The van der Waals surface area contributed by atoms with Crippen molar-refractivity contribution in [2.24, 2.45) is 18.9 Å². The lowest BCUT2D eigenvalue weighted by molar-refractivity contribution is 0.0820. The van der Waals surface area contributed by atoms with Gasteiger partial charge in [-0.15, -0.1) is 5.10 Å². The van der Waals surface area contributed by atoms with Gasteiger partial charge in [0.15, 0.2) is 5.82 Å². The molecule has 1 saturated carbocycles. The number of fused-ring (bicyclic) bond motifs is 1. The molecule has 0 bridgehead atoms. The highest BCUT2D eigenvalue weighted by Gasteiger charge is 2.30. The van der Waals surface area contributed by atoms with Crippen LogP contribution in [0.2, 0.25) is 0 Å². The molecule has 1 aliphatic carbocycles. The standard InChI is InChI=1S/C20H27N5O/c1-24-21-12-19(23-24)22-20(26)17-8-6-15(7-9-17)13-25-11-10-16-4-2-3-5-18(16)14-25/h6-9,12,16,18H,2-5,10-11,13-14H2,1H3,(H,22,23,26)/t16-,18-/m0/s1. The van der Waals surface area contributed by atoms with Crippen molar-refractivity contribution in [2.75, 3.05) is 18.4 Å². The van der Waals surface area contributed by atoms with Crippen molar-refractivity contribution < 1.29 is 4.79 Å². The van der Waals surface area contributed by atoms with Gasteiger partial charge in [-0.3, -0.25) is 9.69 Å². The van der Waals surface area contributed by atoms with Gasteiger partial charge in [0.1, 0.15) is 0 Å². The Balaban J connectivity index is 1.33. The molecular weight excluding hydrogens is 326 g/mol. The Kier molecular flexibility index (Phi) is 5.02. The van der Waals surface area contributed by atoms with Crippen LogP contribution in [0.5, 0.6) is 0 Å². The molecular formula is C20H27N5O. The van der Waals surface area contributed by atoms with E-state index in [4.69, 9.17) is 0 Å². The van der Waals surface area contributed by atoms with Crippen LogP contribution >= 0.6 is 0 Å². The van der Waals surface area contributed by atoms with Gasteiger partial charge in [-0.25, -0.2) is 0 Å². The van der Waals surface area contributed by atoms with E-state index in [2.05, 4.69) is 32.5 Å². The summed E-state index contributed by atoms with van der Waals surface area (Å²) >= 11 is 0. The molecule has 0 radical (unpaired) electrons. The topological polar surface area (TPSA) is 63.1 Å². The molecule has 1 aromatic heterocycles. The van der Waals surface area contributed by atoms with Gasteiger partial charge in [-0.05, 0) is 48.9 Å². The van der Waals surface area contributed by atoms with Crippen LogP contribution in [0.1, 0.15) is 48.0 Å². The number of hydrogen-bond acceptors (Lipinski definition) is 4. The molecule has 1 aromatic carbocycles. The van der Waals surface area contributed by atoms with Crippen LogP contribution in [-0.4, -0.2) is 38.9 Å². The third-order valence-electron chi connectivity index (χ3n) is 5.84. The lowest BCUT2D eigenvalue weighted by Crippen LogP contribution is -2.41. The van der Waals surface area contributed by atoms with Gasteiger partial charge >= 0.3 is 0 Å². The Hall–Kier alpha value is -2.21. The maximum atomic E-state index is 12.3. The summed E-state index contributed by atoms with van der Waals surface area (Å²) in [5.74, 6) is 2.18. The smallest absolute Gasteiger partial charge is 0.256 e. The van der Waals surface area contributed by atoms with E-state index in [1.165, 1.54) is 55.6 Å². The first-order chi connectivity index (χ1) is 12.7. The van der Waals surface area contributed by atoms with Crippen LogP contribution in [0.4, 0.5) is 5.82 Å². The number of piperidine rings is 1. The van der Waals surface area contributed by atoms with E-state index in [0.29, 0.717) is 11.4 Å². The zero-order valence-corrected chi connectivity index (χ0v) is 15.4. The predicted molar refractivity (Wildman–Crippen MR) is 101 cm³/mol. The van der Waals surface area contributed by atoms with Crippen molar-refractivity contribution in [1.29, 1.82) is 0 Å². The molecule has 0 unspecified atom stereocenters. The van der Waals surface area contributed by atoms with Crippen molar-refractivity contribution in [3.8, 4) is 0 Å². The van der Waals surface area contributed by atoms with Gasteiger partial charge in [0.2, 0.25) is 0 Å². The summed E-state index contributed by atoms with van der Waals surface area (Å²) in [6.07, 6.45) is 8.57. The number of nitrogens with one attached hydrogen (secondary N) is 1. The van der Waals surface area contributed by atoms with Gasteiger partial charge < -0.3 is 5.32 Å². The summed E-state index contributed by atoms with van der Waals surface area (Å²) in [6.45, 7) is 3.42. The first-order valence-electron chi connectivity index (χ1n) is 9.66. The number of anilines is 1. The molecule has 1 saturated heterocycles. The highest BCUT2D eigenvalue weighted by molar-refractivity contribution is 6.03. The van der Waals surface area contributed by atoms with Crippen molar-refractivity contribution in [2.45, 2.75) is 38.6 Å². The fraction of sp³-hybridized carbons (Fsp3) is 0.550. The molecule has 26 heavy (non-hydrogen) atoms. The molecule has 2 heterocycles. The highest BCUT2D eigenvalue weighted by Crippen LogP contribution is 2.36. The lowest BCUT2D eigenvalue weighted by Gasteiger charge is -2.41. The van der Waals surface area contributed by atoms with Gasteiger partial charge in [-0.2, -0.15) is 9.90 Å². The molecule has 2 atom stereocenters.